The molecule has 0 N–H and O–H groups in total. The number of benzene rings is 1. The summed E-state index contributed by atoms with van der Waals surface area (Å²) in [5, 5.41) is 26.6. The van der Waals surface area contributed by atoms with Crippen molar-refractivity contribution in [1.29, 1.82) is 5.26 Å². The maximum atomic E-state index is 10.8. The topological polar surface area (TPSA) is 97.6 Å². The van der Waals surface area contributed by atoms with Gasteiger partial charge in [0.15, 0.2) is 0 Å². The number of nitrogens with zero attached hydrogens (tertiary/aromatic N) is 5. The number of hydrogen-bond acceptors (Lipinski definition) is 5. The summed E-state index contributed by atoms with van der Waals surface area (Å²) in [6, 6.07) is 7.89. The molecule has 0 saturated carbocycles. The molecule has 2 rings (SSSR count). The Kier molecular flexibility index (Phi) is 2.31. The maximum absolute atomic E-state index is 10.8. The van der Waals surface area contributed by atoms with E-state index in [0.29, 0.717) is 0 Å². The fourth-order valence-corrected chi connectivity index (χ4v) is 1.31. The van der Waals surface area contributed by atoms with E-state index < -0.39 is 4.92 Å². The minimum absolute atomic E-state index is 0.00861. The molecule has 0 atom stereocenters. The Bertz CT molecular complexity index is 584. The molecular weight excluding hydrogens is 210 g/mol. The van der Waals surface area contributed by atoms with E-state index in [1.165, 1.54) is 23.0 Å². The van der Waals surface area contributed by atoms with Gasteiger partial charge in [-0.15, -0.1) is 10.2 Å². The molecule has 2 aromatic rings. The van der Waals surface area contributed by atoms with Crippen LogP contribution in [0.15, 0.2) is 30.6 Å². The standard InChI is InChI=1S/C9H5N5O2/c10-5-9-12-11-6-13(9)7-3-1-2-4-8(7)14(15)16/h1-4,6H. The highest BCUT2D eigenvalue weighted by Gasteiger charge is 2.16. The summed E-state index contributed by atoms with van der Waals surface area (Å²) in [4.78, 5) is 10.3. The Labute approximate surface area is 89.7 Å². The van der Waals surface area contributed by atoms with Crippen LogP contribution in [0.25, 0.3) is 5.69 Å². The van der Waals surface area contributed by atoms with Gasteiger partial charge in [0.1, 0.15) is 18.1 Å². The molecule has 0 amide bonds. The molecule has 0 spiro atoms. The first-order valence-electron chi connectivity index (χ1n) is 4.28. The van der Waals surface area contributed by atoms with E-state index in [1.54, 1.807) is 18.2 Å². The molecule has 1 aromatic heterocycles. The number of nitro groups is 1. The van der Waals surface area contributed by atoms with Crippen LogP contribution in [0, 0.1) is 21.4 Å². The van der Waals surface area contributed by atoms with Gasteiger partial charge in [0, 0.05) is 6.07 Å². The second kappa shape index (κ2) is 3.78. The third-order valence-corrected chi connectivity index (χ3v) is 1.99. The maximum Gasteiger partial charge on any atom is 0.293 e. The van der Waals surface area contributed by atoms with E-state index in [0.717, 1.165) is 0 Å². The molecule has 1 aromatic carbocycles. The predicted octanol–water partition coefficient (Wildman–Crippen LogP) is 1.05. The molecule has 0 aliphatic heterocycles. The molecule has 1 heterocycles. The van der Waals surface area contributed by atoms with E-state index in [2.05, 4.69) is 10.2 Å². The Morgan fingerprint density at radius 3 is 2.88 bits per heavy atom. The molecular formula is C9H5N5O2. The predicted molar refractivity (Wildman–Crippen MR) is 52.7 cm³/mol. The largest absolute Gasteiger partial charge is 0.293 e. The zero-order chi connectivity index (χ0) is 11.5. The van der Waals surface area contributed by atoms with Crippen LogP contribution in [-0.4, -0.2) is 19.7 Å². The monoisotopic (exact) mass is 215 g/mol. The third-order valence-electron chi connectivity index (χ3n) is 1.99. The molecule has 0 saturated heterocycles. The quantitative estimate of drug-likeness (QED) is 0.550. The smallest absolute Gasteiger partial charge is 0.266 e. The van der Waals surface area contributed by atoms with Crippen LogP contribution in [0.5, 0.6) is 0 Å². The number of hydrogen-bond donors (Lipinski definition) is 0. The Balaban J connectivity index is 2.66. The summed E-state index contributed by atoms with van der Waals surface area (Å²) in [7, 11) is 0. The van der Waals surface area contributed by atoms with Crippen LogP contribution in [0.2, 0.25) is 0 Å². The van der Waals surface area contributed by atoms with Crippen molar-refractivity contribution in [1.82, 2.24) is 14.8 Å². The molecule has 0 aliphatic rings. The normalized spacial score (nSPS) is 9.69. The van der Waals surface area contributed by atoms with Crippen LogP contribution in [0.3, 0.4) is 0 Å². The van der Waals surface area contributed by atoms with Crippen molar-refractivity contribution in [2.75, 3.05) is 0 Å². The lowest BCUT2D eigenvalue weighted by Crippen LogP contribution is -2.01. The van der Waals surface area contributed by atoms with E-state index in [4.69, 9.17) is 5.26 Å². The van der Waals surface area contributed by atoms with Crippen molar-refractivity contribution in [3.8, 4) is 11.8 Å². The van der Waals surface area contributed by atoms with Gasteiger partial charge in [-0.2, -0.15) is 5.26 Å². The van der Waals surface area contributed by atoms with Crippen LogP contribution >= 0.6 is 0 Å². The van der Waals surface area contributed by atoms with Gasteiger partial charge in [-0.05, 0) is 6.07 Å². The minimum Gasteiger partial charge on any atom is -0.266 e. The molecule has 7 heteroatoms. The van der Waals surface area contributed by atoms with Gasteiger partial charge in [-0.3, -0.25) is 14.7 Å². The minimum atomic E-state index is -0.517. The Hall–Kier alpha value is -2.75. The first-order valence-corrected chi connectivity index (χ1v) is 4.28. The summed E-state index contributed by atoms with van der Waals surface area (Å²) >= 11 is 0. The molecule has 0 fully saturated rings. The Morgan fingerprint density at radius 2 is 2.19 bits per heavy atom. The molecule has 0 bridgehead atoms. The lowest BCUT2D eigenvalue weighted by Gasteiger charge is -2.02. The number of para-hydroxylation sites is 2. The van der Waals surface area contributed by atoms with Crippen LogP contribution in [0.1, 0.15) is 5.82 Å². The van der Waals surface area contributed by atoms with E-state index in [9.17, 15) is 10.1 Å². The van der Waals surface area contributed by atoms with Crippen LogP contribution in [0.4, 0.5) is 5.69 Å². The molecule has 78 valence electrons. The van der Waals surface area contributed by atoms with Crippen molar-refractivity contribution >= 4 is 5.69 Å². The highest BCUT2D eigenvalue weighted by molar-refractivity contribution is 5.53. The Morgan fingerprint density at radius 1 is 1.44 bits per heavy atom. The average molecular weight is 215 g/mol. The highest BCUT2D eigenvalue weighted by Crippen LogP contribution is 2.22. The lowest BCUT2D eigenvalue weighted by atomic mass is 10.2. The summed E-state index contributed by atoms with van der Waals surface area (Å²) in [5.74, 6) is 0.00861. The van der Waals surface area contributed by atoms with Crippen molar-refractivity contribution < 1.29 is 4.92 Å². The summed E-state index contributed by atoms with van der Waals surface area (Å²) in [6.07, 6.45) is 1.26. The van der Waals surface area contributed by atoms with Crippen molar-refractivity contribution in [3.05, 3.63) is 46.5 Å². The van der Waals surface area contributed by atoms with Gasteiger partial charge >= 0.3 is 0 Å². The van der Waals surface area contributed by atoms with Gasteiger partial charge in [0.05, 0.1) is 4.92 Å². The summed E-state index contributed by atoms with van der Waals surface area (Å²) < 4.78 is 1.28. The first kappa shape index (κ1) is 9.79. The zero-order valence-electron chi connectivity index (χ0n) is 7.94. The van der Waals surface area contributed by atoms with Crippen LogP contribution in [-0.2, 0) is 0 Å². The van der Waals surface area contributed by atoms with Gasteiger partial charge in [-0.25, -0.2) is 0 Å². The molecule has 0 radical (unpaired) electrons. The number of rotatable bonds is 2. The summed E-state index contributed by atoms with van der Waals surface area (Å²) in [6.45, 7) is 0. The molecule has 0 unspecified atom stereocenters. The second-order valence-corrected chi connectivity index (χ2v) is 2.88. The highest BCUT2D eigenvalue weighted by atomic mass is 16.6. The average Bonchev–Trinajstić information content (AvgIpc) is 2.76. The van der Waals surface area contributed by atoms with Crippen molar-refractivity contribution in [2.24, 2.45) is 0 Å². The number of nitriles is 1. The van der Waals surface area contributed by atoms with Crippen molar-refractivity contribution in [2.45, 2.75) is 0 Å². The van der Waals surface area contributed by atoms with Gasteiger partial charge in [0.25, 0.3) is 5.69 Å². The van der Waals surface area contributed by atoms with E-state index >= 15 is 0 Å². The zero-order valence-corrected chi connectivity index (χ0v) is 7.94. The summed E-state index contributed by atoms with van der Waals surface area (Å²) in [5.41, 5.74) is 0.174. The SMILES string of the molecule is N#Cc1nncn1-c1ccccc1[N+](=O)[O-]. The van der Waals surface area contributed by atoms with E-state index in [-0.39, 0.29) is 17.2 Å². The van der Waals surface area contributed by atoms with Crippen LogP contribution < -0.4 is 0 Å². The lowest BCUT2D eigenvalue weighted by molar-refractivity contribution is -0.384. The fraction of sp³-hybridized carbons (Fsp3) is 0. The van der Waals surface area contributed by atoms with Gasteiger partial charge in [-0.1, -0.05) is 12.1 Å². The molecule has 0 aliphatic carbocycles. The van der Waals surface area contributed by atoms with Gasteiger partial charge < -0.3 is 0 Å². The van der Waals surface area contributed by atoms with Crippen molar-refractivity contribution in [3.63, 3.8) is 0 Å². The first-order chi connectivity index (χ1) is 7.74. The molecule has 16 heavy (non-hydrogen) atoms. The fourth-order valence-electron chi connectivity index (χ4n) is 1.31. The third kappa shape index (κ3) is 1.48. The number of aromatic nitrogens is 3. The van der Waals surface area contributed by atoms with E-state index in [1.807, 2.05) is 0 Å². The second-order valence-electron chi connectivity index (χ2n) is 2.88. The van der Waals surface area contributed by atoms with Gasteiger partial charge in [0.2, 0.25) is 5.82 Å². The molecule has 7 nitrogen and oxygen atoms in total. The number of nitro benzene ring substituents is 1.